The van der Waals surface area contributed by atoms with Crippen molar-refractivity contribution < 1.29 is 8.42 Å². The fourth-order valence-electron chi connectivity index (χ4n) is 2.82. The van der Waals surface area contributed by atoms with Gasteiger partial charge in [0.1, 0.15) is 0 Å². The van der Waals surface area contributed by atoms with Gasteiger partial charge >= 0.3 is 0 Å². The van der Waals surface area contributed by atoms with Crippen LogP contribution in [-0.4, -0.2) is 20.2 Å². The Kier molecular flexibility index (Phi) is 4.74. The maximum Gasteiger partial charge on any atom is 0.264 e. The third-order valence-electron chi connectivity index (χ3n) is 3.98. The van der Waals surface area contributed by atoms with Gasteiger partial charge in [-0.25, -0.2) is 8.42 Å². The average molecular weight is 360 g/mol. The van der Waals surface area contributed by atoms with E-state index in [-0.39, 0.29) is 5.25 Å². The third-order valence-corrected chi connectivity index (χ3v) is 7.02. The molecule has 1 heterocycles. The zero-order valence-corrected chi connectivity index (χ0v) is 15.5. The molecule has 0 bridgehead atoms. The topological polar surface area (TPSA) is 37.4 Å². The molecule has 0 radical (unpaired) electrons. The number of rotatable bonds is 4. The van der Waals surface area contributed by atoms with Gasteiger partial charge in [0.15, 0.2) is 0 Å². The predicted molar refractivity (Wildman–Crippen MR) is 101 cm³/mol. The molecule has 0 fully saturated rings. The first-order valence-corrected chi connectivity index (χ1v) is 10.2. The van der Waals surface area contributed by atoms with E-state index in [0.29, 0.717) is 11.4 Å². The van der Waals surface area contributed by atoms with Gasteiger partial charge in [0.05, 0.1) is 10.6 Å². The van der Waals surface area contributed by atoms with Gasteiger partial charge in [-0.3, -0.25) is 4.31 Å². The molecule has 3 nitrogen and oxygen atoms in total. The van der Waals surface area contributed by atoms with Gasteiger partial charge in [-0.2, -0.15) is 0 Å². The van der Waals surface area contributed by atoms with Gasteiger partial charge in [-0.15, -0.1) is 18.3 Å². The van der Waals surface area contributed by atoms with Crippen LogP contribution in [0.5, 0.6) is 0 Å². The van der Waals surface area contributed by atoms with Crippen LogP contribution < -0.4 is 4.31 Å². The molecule has 2 aromatic rings. The molecule has 0 spiro atoms. The summed E-state index contributed by atoms with van der Waals surface area (Å²) in [6.45, 7) is 8.38. The monoisotopic (exact) mass is 359 g/mol. The van der Waals surface area contributed by atoms with Crippen LogP contribution >= 0.6 is 11.8 Å². The number of para-hydroxylation sites is 1. The number of thioether (sulfide) groups is 1. The molecular weight excluding hydrogens is 338 g/mol. The van der Waals surface area contributed by atoms with Crippen LogP contribution in [0.1, 0.15) is 18.9 Å². The van der Waals surface area contributed by atoms with Crippen molar-refractivity contribution >= 4 is 27.5 Å². The van der Waals surface area contributed by atoms with Crippen molar-refractivity contribution in [3.8, 4) is 0 Å². The van der Waals surface area contributed by atoms with E-state index in [9.17, 15) is 8.42 Å². The molecule has 2 aromatic carbocycles. The summed E-state index contributed by atoms with van der Waals surface area (Å²) in [6, 6.07) is 14.7. The molecule has 1 aliphatic rings. The maximum atomic E-state index is 13.2. The molecule has 126 valence electrons. The summed E-state index contributed by atoms with van der Waals surface area (Å²) in [5.74, 6) is 0. The van der Waals surface area contributed by atoms with Gasteiger partial charge < -0.3 is 0 Å². The van der Waals surface area contributed by atoms with E-state index in [4.69, 9.17) is 0 Å². The summed E-state index contributed by atoms with van der Waals surface area (Å²) in [6.07, 6.45) is 0.804. The van der Waals surface area contributed by atoms with Gasteiger partial charge in [-0.1, -0.05) is 35.4 Å². The molecule has 0 amide bonds. The molecular formula is C19H21NO2S2. The van der Waals surface area contributed by atoms with Crippen LogP contribution in [0, 0.1) is 6.92 Å². The summed E-state index contributed by atoms with van der Waals surface area (Å²) >= 11 is 1.74. The van der Waals surface area contributed by atoms with Crippen LogP contribution in [0.3, 0.4) is 0 Å². The van der Waals surface area contributed by atoms with Crippen LogP contribution in [0.4, 0.5) is 5.69 Å². The summed E-state index contributed by atoms with van der Waals surface area (Å²) in [5, 5.41) is 0.178. The SMILES string of the molecule is C=C(C)CC1CN(S(=O)(=O)c2ccc(C)cc2)c2ccccc2S1. The van der Waals surface area contributed by atoms with Crippen molar-refractivity contribution in [2.75, 3.05) is 10.8 Å². The summed E-state index contributed by atoms with van der Waals surface area (Å²) in [5.41, 5.74) is 2.88. The quantitative estimate of drug-likeness (QED) is 0.747. The van der Waals surface area contributed by atoms with Crippen LogP contribution in [0.25, 0.3) is 0 Å². The second-order valence-corrected chi connectivity index (χ2v) is 9.42. The Morgan fingerprint density at radius 3 is 2.54 bits per heavy atom. The Bertz CT molecular complexity index is 857. The number of allylic oxidation sites excluding steroid dienone is 1. The van der Waals surface area contributed by atoms with E-state index < -0.39 is 10.0 Å². The molecule has 1 unspecified atom stereocenters. The van der Waals surface area contributed by atoms with Crippen molar-refractivity contribution in [3.05, 3.63) is 66.2 Å². The number of benzene rings is 2. The molecule has 1 atom stereocenters. The van der Waals surface area contributed by atoms with Crippen LogP contribution in [-0.2, 0) is 10.0 Å². The lowest BCUT2D eigenvalue weighted by molar-refractivity contribution is 0.588. The molecule has 0 saturated heterocycles. The zero-order chi connectivity index (χ0) is 17.3. The lowest BCUT2D eigenvalue weighted by Crippen LogP contribution is -2.39. The summed E-state index contributed by atoms with van der Waals surface area (Å²) in [7, 11) is -3.57. The molecule has 24 heavy (non-hydrogen) atoms. The predicted octanol–water partition coefficient (Wildman–Crippen LogP) is 4.63. The van der Waals surface area contributed by atoms with E-state index in [2.05, 4.69) is 6.58 Å². The zero-order valence-electron chi connectivity index (χ0n) is 13.9. The van der Waals surface area contributed by atoms with E-state index in [1.54, 1.807) is 28.2 Å². The van der Waals surface area contributed by atoms with Gasteiger partial charge in [0, 0.05) is 16.7 Å². The number of hydrogen-bond acceptors (Lipinski definition) is 3. The van der Waals surface area contributed by atoms with Crippen LogP contribution in [0.2, 0.25) is 0 Å². The Morgan fingerprint density at radius 1 is 1.21 bits per heavy atom. The minimum Gasteiger partial charge on any atom is -0.264 e. The number of anilines is 1. The number of hydrogen-bond donors (Lipinski definition) is 0. The number of sulfonamides is 1. The van der Waals surface area contributed by atoms with E-state index >= 15 is 0 Å². The lowest BCUT2D eigenvalue weighted by atomic mass is 10.2. The third kappa shape index (κ3) is 3.37. The molecule has 0 saturated carbocycles. The second-order valence-electron chi connectivity index (χ2n) is 6.22. The van der Waals surface area contributed by atoms with E-state index in [1.807, 2.05) is 50.2 Å². The Balaban J connectivity index is 2.04. The highest BCUT2D eigenvalue weighted by molar-refractivity contribution is 8.00. The molecule has 3 rings (SSSR count). The number of aryl methyl sites for hydroxylation is 1. The Morgan fingerprint density at radius 2 is 1.88 bits per heavy atom. The average Bonchev–Trinajstić information content (AvgIpc) is 2.54. The molecule has 1 aliphatic heterocycles. The molecule has 0 N–H and O–H groups in total. The Labute approximate surface area is 148 Å². The summed E-state index contributed by atoms with van der Waals surface area (Å²) < 4.78 is 27.9. The minimum atomic E-state index is -3.57. The van der Waals surface area contributed by atoms with Crippen molar-refractivity contribution in [2.24, 2.45) is 0 Å². The first kappa shape index (κ1) is 17.1. The van der Waals surface area contributed by atoms with Crippen LogP contribution in [0.15, 0.2) is 70.5 Å². The largest absolute Gasteiger partial charge is 0.264 e. The highest BCUT2D eigenvalue weighted by atomic mass is 32.2. The number of nitrogens with zero attached hydrogens (tertiary/aromatic N) is 1. The maximum absolute atomic E-state index is 13.2. The second kappa shape index (κ2) is 6.65. The minimum absolute atomic E-state index is 0.178. The molecule has 5 heteroatoms. The standard InChI is InChI=1S/C19H21NO2S2/c1-14(2)12-16-13-20(18-6-4-5-7-19(18)23-16)24(21,22)17-10-8-15(3)9-11-17/h4-11,16H,1,12-13H2,2-3H3. The van der Waals surface area contributed by atoms with Gasteiger partial charge in [-0.05, 0) is 44.5 Å². The fourth-order valence-corrected chi connectivity index (χ4v) is 5.91. The highest BCUT2D eigenvalue weighted by Gasteiger charge is 2.33. The number of fused-ring (bicyclic) bond motifs is 1. The fraction of sp³-hybridized carbons (Fsp3) is 0.263. The first-order valence-electron chi connectivity index (χ1n) is 7.87. The van der Waals surface area contributed by atoms with E-state index in [1.165, 1.54) is 0 Å². The normalized spacial score (nSPS) is 17.4. The molecule has 0 aliphatic carbocycles. The Hall–Kier alpha value is -1.72. The van der Waals surface area contributed by atoms with Crippen molar-refractivity contribution in [3.63, 3.8) is 0 Å². The highest BCUT2D eigenvalue weighted by Crippen LogP contribution is 2.42. The lowest BCUT2D eigenvalue weighted by Gasteiger charge is -2.35. The van der Waals surface area contributed by atoms with E-state index in [0.717, 1.165) is 28.1 Å². The molecule has 0 aromatic heterocycles. The van der Waals surface area contributed by atoms with Gasteiger partial charge in [0.2, 0.25) is 0 Å². The van der Waals surface area contributed by atoms with Crippen molar-refractivity contribution in [1.82, 2.24) is 0 Å². The van der Waals surface area contributed by atoms with Crippen molar-refractivity contribution in [2.45, 2.75) is 35.3 Å². The smallest absolute Gasteiger partial charge is 0.264 e. The summed E-state index contributed by atoms with van der Waals surface area (Å²) in [4.78, 5) is 1.34. The van der Waals surface area contributed by atoms with Crippen molar-refractivity contribution in [1.29, 1.82) is 0 Å². The first-order chi connectivity index (χ1) is 11.4. The van der Waals surface area contributed by atoms with Gasteiger partial charge in [0.25, 0.3) is 10.0 Å².